The van der Waals surface area contributed by atoms with E-state index in [-0.39, 0.29) is 6.10 Å². The number of aliphatic hydroxyl groups is 1. The predicted octanol–water partition coefficient (Wildman–Crippen LogP) is 1.72. The molecule has 0 aliphatic heterocycles. The van der Waals surface area contributed by atoms with Crippen molar-refractivity contribution >= 4 is 22.3 Å². The summed E-state index contributed by atoms with van der Waals surface area (Å²) in [4.78, 5) is 0. The monoisotopic (exact) mass is 246 g/mol. The summed E-state index contributed by atoms with van der Waals surface area (Å²) in [7, 11) is 0. The van der Waals surface area contributed by atoms with Gasteiger partial charge in [0.15, 0.2) is 0 Å². The summed E-state index contributed by atoms with van der Waals surface area (Å²) in [5, 5.41) is 21.0. The van der Waals surface area contributed by atoms with Gasteiger partial charge in [0.25, 0.3) is 0 Å². The van der Waals surface area contributed by atoms with Crippen LogP contribution in [0, 0.1) is 5.92 Å². The number of nitrogens with one attached hydrogen (secondary N) is 2. The van der Waals surface area contributed by atoms with Gasteiger partial charge in [-0.25, -0.2) is 0 Å². The van der Waals surface area contributed by atoms with E-state index in [1.54, 1.807) is 6.20 Å². The van der Waals surface area contributed by atoms with Gasteiger partial charge in [0.1, 0.15) is 0 Å². The second-order valence-electron chi connectivity index (χ2n) is 5.04. The van der Waals surface area contributed by atoms with Crippen molar-refractivity contribution < 1.29 is 5.11 Å². The normalized spacial score (nSPS) is 23.6. The van der Waals surface area contributed by atoms with E-state index >= 15 is 0 Å². The van der Waals surface area contributed by atoms with E-state index in [2.05, 4.69) is 15.5 Å². The lowest BCUT2D eigenvalue weighted by molar-refractivity contribution is 0.138. The first-order chi connectivity index (χ1) is 8.74. The van der Waals surface area contributed by atoms with E-state index in [1.165, 1.54) is 0 Å². The van der Waals surface area contributed by atoms with Crippen molar-refractivity contribution in [1.82, 2.24) is 10.2 Å². The number of anilines is 2. The quantitative estimate of drug-likeness (QED) is 0.621. The van der Waals surface area contributed by atoms with Crippen LogP contribution in [-0.4, -0.2) is 28.0 Å². The molecule has 1 aliphatic carbocycles. The summed E-state index contributed by atoms with van der Waals surface area (Å²) in [6.45, 7) is 0.769. The first kappa shape index (κ1) is 11.3. The Labute approximate surface area is 105 Å². The maximum absolute atomic E-state index is 9.79. The first-order valence-corrected chi connectivity index (χ1v) is 6.38. The minimum Gasteiger partial charge on any atom is -0.397 e. The molecule has 0 amide bonds. The van der Waals surface area contributed by atoms with Gasteiger partial charge in [-0.15, -0.1) is 0 Å². The zero-order valence-corrected chi connectivity index (χ0v) is 10.2. The molecule has 2 unspecified atom stereocenters. The Hall–Kier alpha value is -1.75. The average Bonchev–Trinajstić information content (AvgIpc) is 2.95. The van der Waals surface area contributed by atoms with Crippen LogP contribution < -0.4 is 11.1 Å². The van der Waals surface area contributed by atoms with E-state index in [0.29, 0.717) is 5.92 Å². The molecule has 0 saturated heterocycles. The summed E-state index contributed by atoms with van der Waals surface area (Å²) >= 11 is 0. The standard InChI is InChI=1S/C13H18N4O/c14-10-4-9-7-16-17-11(9)5-12(10)15-6-8-2-1-3-13(8)18/h4-5,7-8,13,15,18H,1-3,6,14H2,(H,16,17). The fraction of sp³-hybridized carbons (Fsp3) is 0.462. The third-order valence-electron chi connectivity index (χ3n) is 3.78. The molecule has 2 aromatic rings. The second kappa shape index (κ2) is 4.49. The van der Waals surface area contributed by atoms with Crippen molar-refractivity contribution in [3.8, 4) is 0 Å². The Morgan fingerprint density at radius 1 is 1.44 bits per heavy atom. The highest BCUT2D eigenvalue weighted by Crippen LogP contribution is 2.28. The van der Waals surface area contributed by atoms with Crippen molar-refractivity contribution in [2.24, 2.45) is 5.92 Å². The highest BCUT2D eigenvalue weighted by Gasteiger charge is 2.24. The van der Waals surface area contributed by atoms with Crippen LogP contribution in [-0.2, 0) is 0 Å². The maximum atomic E-state index is 9.79. The molecule has 1 aliphatic rings. The van der Waals surface area contributed by atoms with Gasteiger partial charge in [0.2, 0.25) is 0 Å². The maximum Gasteiger partial charge on any atom is 0.0672 e. The van der Waals surface area contributed by atoms with Crippen LogP contribution >= 0.6 is 0 Å². The molecular weight excluding hydrogens is 228 g/mol. The van der Waals surface area contributed by atoms with Gasteiger partial charge in [0.05, 0.1) is 29.2 Å². The number of fused-ring (bicyclic) bond motifs is 1. The number of rotatable bonds is 3. The number of aliphatic hydroxyl groups excluding tert-OH is 1. The highest BCUT2D eigenvalue weighted by atomic mass is 16.3. The lowest BCUT2D eigenvalue weighted by atomic mass is 10.1. The third kappa shape index (κ3) is 2.01. The zero-order valence-electron chi connectivity index (χ0n) is 10.2. The molecule has 0 bridgehead atoms. The van der Waals surface area contributed by atoms with Crippen LogP contribution in [0.3, 0.4) is 0 Å². The summed E-state index contributed by atoms with van der Waals surface area (Å²) in [5.41, 5.74) is 8.60. The number of aromatic amines is 1. The number of benzene rings is 1. The minimum absolute atomic E-state index is 0.172. The molecule has 1 aromatic carbocycles. The molecule has 18 heavy (non-hydrogen) atoms. The molecule has 5 heteroatoms. The zero-order chi connectivity index (χ0) is 12.5. The Morgan fingerprint density at radius 2 is 2.33 bits per heavy atom. The number of H-pyrrole nitrogens is 1. The average molecular weight is 246 g/mol. The lowest BCUT2D eigenvalue weighted by Gasteiger charge is -2.17. The van der Waals surface area contributed by atoms with E-state index in [1.807, 2.05) is 12.1 Å². The largest absolute Gasteiger partial charge is 0.397 e. The number of hydrogen-bond donors (Lipinski definition) is 4. The molecular formula is C13H18N4O. The molecule has 5 N–H and O–H groups in total. The second-order valence-corrected chi connectivity index (χ2v) is 5.04. The van der Waals surface area contributed by atoms with E-state index in [9.17, 15) is 5.11 Å². The van der Waals surface area contributed by atoms with Crippen molar-refractivity contribution in [3.05, 3.63) is 18.3 Å². The smallest absolute Gasteiger partial charge is 0.0672 e. The molecule has 1 heterocycles. The number of nitrogens with two attached hydrogens (primary N) is 1. The summed E-state index contributed by atoms with van der Waals surface area (Å²) < 4.78 is 0. The molecule has 5 nitrogen and oxygen atoms in total. The number of nitrogen functional groups attached to an aromatic ring is 1. The SMILES string of the molecule is Nc1cc2cn[nH]c2cc1NCC1CCCC1O. The van der Waals surface area contributed by atoms with Crippen LogP contribution in [0.4, 0.5) is 11.4 Å². The Balaban J connectivity index is 1.75. The van der Waals surface area contributed by atoms with Gasteiger partial charge in [-0.1, -0.05) is 6.42 Å². The topological polar surface area (TPSA) is 87.0 Å². The number of aromatic nitrogens is 2. The summed E-state index contributed by atoms with van der Waals surface area (Å²) in [6.07, 6.45) is 4.70. The van der Waals surface area contributed by atoms with Gasteiger partial charge in [-0.3, -0.25) is 5.10 Å². The van der Waals surface area contributed by atoms with Crippen LogP contribution in [0.15, 0.2) is 18.3 Å². The minimum atomic E-state index is -0.172. The third-order valence-corrected chi connectivity index (χ3v) is 3.78. The molecule has 2 atom stereocenters. The Kier molecular flexibility index (Phi) is 2.83. The van der Waals surface area contributed by atoms with Gasteiger partial charge >= 0.3 is 0 Å². The van der Waals surface area contributed by atoms with Crippen molar-refractivity contribution in [2.75, 3.05) is 17.6 Å². The van der Waals surface area contributed by atoms with Crippen molar-refractivity contribution in [2.45, 2.75) is 25.4 Å². The van der Waals surface area contributed by atoms with Gasteiger partial charge in [0, 0.05) is 17.8 Å². The summed E-state index contributed by atoms with van der Waals surface area (Å²) in [5.74, 6) is 0.335. The number of nitrogens with zero attached hydrogens (tertiary/aromatic N) is 1. The fourth-order valence-electron chi connectivity index (χ4n) is 2.66. The molecule has 0 radical (unpaired) electrons. The molecule has 0 spiro atoms. The van der Waals surface area contributed by atoms with Gasteiger partial charge in [-0.05, 0) is 25.0 Å². The molecule has 1 saturated carbocycles. The highest BCUT2D eigenvalue weighted by molar-refractivity contribution is 5.88. The van der Waals surface area contributed by atoms with Crippen LogP contribution in [0.5, 0.6) is 0 Å². The molecule has 1 aromatic heterocycles. The van der Waals surface area contributed by atoms with Crippen LogP contribution in [0.25, 0.3) is 10.9 Å². The van der Waals surface area contributed by atoms with E-state index in [0.717, 1.165) is 48.1 Å². The van der Waals surface area contributed by atoms with Gasteiger partial charge in [-0.2, -0.15) is 5.10 Å². The van der Waals surface area contributed by atoms with Crippen LogP contribution in [0.2, 0.25) is 0 Å². The van der Waals surface area contributed by atoms with Crippen molar-refractivity contribution in [3.63, 3.8) is 0 Å². The summed E-state index contributed by atoms with van der Waals surface area (Å²) in [6, 6.07) is 3.88. The van der Waals surface area contributed by atoms with Crippen LogP contribution in [0.1, 0.15) is 19.3 Å². The Bertz CT molecular complexity index is 551. The molecule has 96 valence electrons. The van der Waals surface area contributed by atoms with Gasteiger partial charge < -0.3 is 16.2 Å². The number of hydrogen-bond acceptors (Lipinski definition) is 4. The fourth-order valence-corrected chi connectivity index (χ4v) is 2.66. The molecule has 1 fully saturated rings. The van der Waals surface area contributed by atoms with E-state index in [4.69, 9.17) is 5.73 Å². The predicted molar refractivity (Wildman–Crippen MR) is 72.3 cm³/mol. The van der Waals surface area contributed by atoms with E-state index < -0.39 is 0 Å². The van der Waals surface area contributed by atoms with Crippen molar-refractivity contribution in [1.29, 1.82) is 0 Å². The lowest BCUT2D eigenvalue weighted by Crippen LogP contribution is -2.22. The molecule has 3 rings (SSSR count). The Morgan fingerprint density at radius 3 is 3.11 bits per heavy atom. The first-order valence-electron chi connectivity index (χ1n) is 6.38.